The number of carbonyl (C=O) groups is 1. The third-order valence-corrected chi connectivity index (χ3v) is 4.41. The first-order chi connectivity index (χ1) is 11.8. The third-order valence-electron chi connectivity index (χ3n) is 4.41. The van der Waals surface area contributed by atoms with Crippen molar-refractivity contribution in [2.45, 2.75) is 32.0 Å². The minimum absolute atomic E-state index is 0.0683. The van der Waals surface area contributed by atoms with Gasteiger partial charge in [-0.25, -0.2) is 4.98 Å². The Morgan fingerprint density at radius 2 is 2.42 bits per heavy atom. The van der Waals surface area contributed by atoms with Crippen LogP contribution in [0.4, 0.5) is 0 Å². The normalized spacial score (nSPS) is 20.5. The Morgan fingerprint density at radius 1 is 1.50 bits per heavy atom. The number of H-pyrrole nitrogens is 1. The van der Waals surface area contributed by atoms with Gasteiger partial charge < -0.3 is 15.0 Å². The van der Waals surface area contributed by atoms with Gasteiger partial charge in [-0.1, -0.05) is 6.07 Å². The highest BCUT2D eigenvalue weighted by Gasteiger charge is 2.32. The van der Waals surface area contributed by atoms with Gasteiger partial charge in [-0.3, -0.25) is 9.48 Å². The lowest BCUT2D eigenvalue weighted by Crippen LogP contribution is -2.36. The van der Waals surface area contributed by atoms with Crippen molar-refractivity contribution in [2.24, 2.45) is 0 Å². The molecular weight excluding hydrogens is 306 g/mol. The minimum atomic E-state index is -0.160. The van der Waals surface area contributed by atoms with Crippen molar-refractivity contribution in [1.29, 1.82) is 0 Å². The molecule has 1 aromatic carbocycles. The van der Waals surface area contributed by atoms with Crippen LogP contribution in [0.25, 0.3) is 11.0 Å². The maximum Gasteiger partial charge on any atom is 0.253 e. The third kappa shape index (κ3) is 2.56. The lowest BCUT2D eigenvalue weighted by molar-refractivity contribution is 0.0822. The number of nitrogens with zero attached hydrogens (tertiary/aromatic N) is 3. The maximum atomic E-state index is 12.7. The molecule has 2 aromatic heterocycles. The van der Waals surface area contributed by atoms with E-state index >= 15 is 0 Å². The highest BCUT2D eigenvalue weighted by molar-refractivity contribution is 6.04. The smallest absolute Gasteiger partial charge is 0.253 e. The summed E-state index contributed by atoms with van der Waals surface area (Å²) in [6.45, 7) is 3.47. The van der Waals surface area contributed by atoms with Crippen molar-refractivity contribution in [3.8, 4) is 0 Å². The van der Waals surface area contributed by atoms with Crippen molar-refractivity contribution in [2.75, 3.05) is 6.61 Å². The van der Waals surface area contributed by atoms with Gasteiger partial charge in [0.25, 0.3) is 5.91 Å². The molecule has 24 heavy (non-hydrogen) atoms. The number of hydrogen-bond acceptors (Lipinski definition) is 4. The number of rotatable bonds is 4. The molecule has 2 N–H and O–H groups in total. The SMILES string of the molecule is CCn1cc([C@H]2OCC[C@@H]2NC(=O)c2cccc3[nH]cnc23)cn1. The second kappa shape index (κ2) is 6.09. The van der Waals surface area contributed by atoms with Crippen LogP contribution >= 0.6 is 0 Å². The van der Waals surface area contributed by atoms with Crippen molar-refractivity contribution in [1.82, 2.24) is 25.1 Å². The molecule has 1 aliphatic heterocycles. The molecule has 0 bridgehead atoms. The monoisotopic (exact) mass is 325 g/mol. The highest BCUT2D eigenvalue weighted by atomic mass is 16.5. The summed E-state index contributed by atoms with van der Waals surface area (Å²) in [5, 5.41) is 7.39. The summed E-state index contributed by atoms with van der Waals surface area (Å²) in [5.74, 6) is -0.129. The number of hydrogen-bond donors (Lipinski definition) is 2. The second-order valence-corrected chi connectivity index (χ2v) is 5.89. The van der Waals surface area contributed by atoms with E-state index in [1.807, 2.05) is 36.1 Å². The van der Waals surface area contributed by atoms with Gasteiger partial charge in [-0.05, 0) is 25.5 Å². The molecule has 0 unspecified atom stereocenters. The van der Waals surface area contributed by atoms with Gasteiger partial charge in [-0.2, -0.15) is 5.10 Å². The number of benzene rings is 1. The number of carbonyl (C=O) groups excluding carboxylic acids is 1. The fraction of sp³-hybridized carbons (Fsp3) is 0.353. The Bertz CT molecular complexity index is 869. The largest absolute Gasteiger partial charge is 0.371 e. The van der Waals surface area contributed by atoms with Crippen LogP contribution < -0.4 is 5.32 Å². The summed E-state index contributed by atoms with van der Waals surface area (Å²) in [7, 11) is 0. The molecule has 1 fully saturated rings. The van der Waals surface area contributed by atoms with Crippen LogP contribution in [-0.4, -0.2) is 38.3 Å². The lowest BCUT2D eigenvalue weighted by atomic mass is 10.0. The van der Waals surface area contributed by atoms with E-state index in [2.05, 4.69) is 20.4 Å². The van der Waals surface area contributed by atoms with Crippen LogP contribution in [0.1, 0.15) is 35.4 Å². The van der Waals surface area contributed by atoms with Gasteiger partial charge in [0, 0.05) is 24.9 Å². The van der Waals surface area contributed by atoms with Crippen LogP contribution in [-0.2, 0) is 11.3 Å². The zero-order valence-corrected chi connectivity index (χ0v) is 13.4. The van der Waals surface area contributed by atoms with Crippen molar-refractivity contribution in [3.63, 3.8) is 0 Å². The first-order valence-corrected chi connectivity index (χ1v) is 8.13. The summed E-state index contributed by atoms with van der Waals surface area (Å²) in [4.78, 5) is 20.0. The standard InChI is InChI=1S/C17H19N5O2/c1-2-22-9-11(8-20-22)16-14(6-7-24-16)21-17(23)12-4-3-5-13-15(12)19-10-18-13/h3-5,8-10,14,16H,2,6-7H2,1H3,(H,18,19)(H,21,23)/t14-,16+/m0/s1. The topological polar surface area (TPSA) is 84.8 Å². The molecule has 1 saturated heterocycles. The summed E-state index contributed by atoms with van der Waals surface area (Å²) in [6, 6.07) is 5.47. The van der Waals surface area contributed by atoms with Gasteiger partial charge in [-0.15, -0.1) is 0 Å². The number of nitrogens with one attached hydrogen (secondary N) is 2. The summed E-state index contributed by atoms with van der Waals surface area (Å²) >= 11 is 0. The zero-order valence-electron chi connectivity index (χ0n) is 13.4. The molecule has 1 aliphatic rings. The fourth-order valence-corrected chi connectivity index (χ4v) is 3.16. The van der Waals surface area contributed by atoms with Crippen molar-refractivity contribution >= 4 is 16.9 Å². The molecule has 0 aliphatic carbocycles. The van der Waals surface area contributed by atoms with Crippen molar-refractivity contribution in [3.05, 3.63) is 48.0 Å². The Kier molecular flexibility index (Phi) is 3.78. The molecular formula is C17H19N5O2. The van der Waals surface area contributed by atoms with Crippen LogP contribution in [0.2, 0.25) is 0 Å². The number of aryl methyl sites for hydroxylation is 1. The predicted octanol–water partition coefficient (Wildman–Crippen LogP) is 2.04. The molecule has 7 heteroatoms. The number of fused-ring (bicyclic) bond motifs is 1. The van der Waals surface area contributed by atoms with Crippen LogP contribution in [0, 0.1) is 0 Å². The molecule has 1 amide bonds. The number of aromatic nitrogens is 4. The Balaban J connectivity index is 1.55. The Hall–Kier alpha value is -2.67. The van der Waals surface area contributed by atoms with Crippen LogP contribution in [0.5, 0.6) is 0 Å². The quantitative estimate of drug-likeness (QED) is 0.769. The second-order valence-electron chi connectivity index (χ2n) is 5.89. The van der Waals surface area contributed by atoms with E-state index in [4.69, 9.17) is 4.74 Å². The fourth-order valence-electron chi connectivity index (χ4n) is 3.16. The zero-order chi connectivity index (χ0) is 16.5. The number of amides is 1. The van der Waals surface area contributed by atoms with E-state index < -0.39 is 0 Å². The van der Waals surface area contributed by atoms with E-state index in [0.29, 0.717) is 17.7 Å². The molecule has 7 nitrogen and oxygen atoms in total. The number of imidazole rings is 1. The predicted molar refractivity (Wildman–Crippen MR) is 88.6 cm³/mol. The maximum absolute atomic E-state index is 12.7. The van der Waals surface area contributed by atoms with Gasteiger partial charge in [0.1, 0.15) is 11.6 Å². The first kappa shape index (κ1) is 14.9. The number of para-hydroxylation sites is 1. The minimum Gasteiger partial charge on any atom is -0.371 e. The molecule has 4 rings (SSSR count). The van der Waals surface area contributed by atoms with E-state index in [1.54, 1.807) is 12.4 Å². The van der Waals surface area contributed by atoms with E-state index in [0.717, 1.165) is 24.0 Å². The van der Waals surface area contributed by atoms with Gasteiger partial charge in [0.2, 0.25) is 0 Å². The average molecular weight is 325 g/mol. The van der Waals surface area contributed by atoms with Gasteiger partial charge in [0.15, 0.2) is 0 Å². The van der Waals surface area contributed by atoms with E-state index in [1.165, 1.54) is 0 Å². The van der Waals surface area contributed by atoms with E-state index in [9.17, 15) is 4.79 Å². The summed E-state index contributed by atoms with van der Waals surface area (Å²) < 4.78 is 7.69. The molecule has 124 valence electrons. The number of aromatic amines is 1. The van der Waals surface area contributed by atoms with Crippen LogP contribution in [0.3, 0.4) is 0 Å². The first-order valence-electron chi connectivity index (χ1n) is 8.13. The van der Waals surface area contributed by atoms with Crippen molar-refractivity contribution < 1.29 is 9.53 Å². The Morgan fingerprint density at radius 3 is 3.25 bits per heavy atom. The lowest BCUT2D eigenvalue weighted by Gasteiger charge is -2.19. The van der Waals surface area contributed by atoms with Crippen LogP contribution in [0.15, 0.2) is 36.9 Å². The molecule has 3 aromatic rings. The van der Waals surface area contributed by atoms with Gasteiger partial charge >= 0.3 is 0 Å². The summed E-state index contributed by atoms with van der Waals surface area (Å²) in [6.07, 6.45) is 6.01. The molecule has 0 spiro atoms. The average Bonchev–Trinajstić information content (AvgIpc) is 3.33. The summed E-state index contributed by atoms with van der Waals surface area (Å²) in [5.41, 5.74) is 3.11. The highest BCUT2D eigenvalue weighted by Crippen LogP contribution is 2.29. The molecule has 2 atom stereocenters. The Labute approximate surface area is 139 Å². The molecule has 0 radical (unpaired) electrons. The van der Waals surface area contributed by atoms with Gasteiger partial charge in [0.05, 0.1) is 29.6 Å². The number of ether oxygens (including phenoxy) is 1. The molecule has 3 heterocycles. The molecule has 0 saturated carbocycles. The van der Waals surface area contributed by atoms with E-state index in [-0.39, 0.29) is 18.1 Å².